The lowest BCUT2D eigenvalue weighted by atomic mass is 10.2. The Kier molecular flexibility index (Phi) is 7.91. The maximum absolute atomic E-state index is 5.60. The summed E-state index contributed by atoms with van der Waals surface area (Å²) < 4.78 is 6.71. The molecule has 0 atom stereocenters. The fraction of sp³-hybridized carbons (Fsp3) is 0.538. The molecule has 0 amide bonds. The highest BCUT2D eigenvalue weighted by Crippen LogP contribution is 2.12. The van der Waals surface area contributed by atoms with Crippen molar-refractivity contribution in [2.75, 3.05) is 12.5 Å². The molecule has 90 valence electrons. The molecule has 0 saturated heterocycles. The van der Waals surface area contributed by atoms with Gasteiger partial charge in [-0.1, -0.05) is 40.9 Å². The van der Waals surface area contributed by atoms with Gasteiger partial charge in [-0.05, 0) is 30.5 Å². The Morgan fingerprint density at radius 1 is 1.12 bits per heavy atom. The number of ether oxygens (including phenoxy) is 1. The Morgan fingerprint density at radius 3 is 2.69 bits per heavy atom. The first kappa shape index (κ1) is 14.0. The second kappa shape index (κ2) is 9.03. The van der Waals surface area contributed by atoms with Crippen molar-refractivity contribution in [3.63, 3.8) is 0 Å². The van der Waals surface area contributed by atoms with Crippen LogP contribution in [0.15, 0.2) is 28.7 Å². The molecule has 1 aromatic rings. The monoisotopic (exact) mass is 304 g/mol. The normalized spacial score (nSPS) is 10.6. The van der Waals surface area contributed by atoms with Gasteiger partial charge in [0.1, 0.15) is 0 Å². The van der Waals surface area contributed by atoms with Crippen molar-refractivity contribution in [2.24, 2.45) is 0 Å². The van der Waals surface area contributed by atoms with Crippen molar-refractivity contribution in [1.82, 2.24) is 0 Å². The smallest absolute Gasteiger partial charge is 0.0717 e. The van der Waals surface area contributed by atoms with Crippen molar-refractivity contribution < 1.29 is 4.74 Å². The lowest BCUT2D eigenvalue weighted by Crippen LogP contribution is -1.95. The van der Waals surface area contributed by atoms with Gasteiger partial charge < -0.3 is 4.74 Å². The molecule has 0 aliphatic carbocycles. The minimum atomic E-state index is 0.703. The predicted molar refractivity (Wildman–Crippen MR) is 73.0 cm³/mol. The average molecular weight is 306 g/mol. The minimum Gasteiger partial charge on any atom is -0.377 e. The molecule has 3 heteroatoms. The van der Waals surface area contributed by atoms with E-state index < -0.39 is 0 Å². The van der Waals surface area contributed by atoms with Crippen molar-refractivity contribution in [2.45, 2.75) is 32.3 Å². The molecule has 0 aliphatic rings. The van der Waals surface area contributed by atoms with Crippen LogP contribution in [0, 0.1) is 0 Å². The molecule has 1 nitrogen and oxygen atoms in total. The van der Waals surface area contributed by atoms with Gasteiger partial charge in [-0.15, -0.1) is 11.6 Å². The van der Waals surface area contributed by atoms with Crippen molar-refractivity contribution in [3.8, 4) is 0 Å². The first-order valence-electron chi connectivity index (χ1n) is 5.71. The summed E-state index contributed by atoms with van der Waals surface area (Å²) in [6, 6.07) is 8.23. The summed E-state index contributed by atoms with van der Waals surface area (Å²) in [6.07, 6.45) is 4.67. The number of hydrogen-bond donors (Lipinski definition) is 0. The van der Waals surface area contributed by atoms with Gasteiger partial charge in [-0.3, -0.25) is 0 Å². The molecule has 0 spiro atoms. The Hall–Kier alpha value is -0.0500. The zero-order chi connectivity index (χ0) is 11.6. The van der Waals surface area contributed by atoms with E-state index in [1.165, 1.54) is 18.4 Å². The summed E-state index contributed by atoms with van der Waals surface area (Å²) in [5.41, 5.74) is 1.22. The number of hydrogen-bond acceptors (Lipinski definition) is 1. The van der Waals surface area contributed by atoms with Crippen molar-refractivity contribution in [1.29, 1.82) is 0 Å². The highest BCUT2D eigenvalue weighted by molar-refractivity contribution is 9.10. The average Bonchev–Trinajstić information content (AvgIpc) is 2.28. The molecule has 16 heavy (non-hydrogen) atoms. The largest absolute Gasteiger partial charge is 0.377 e. The molecule has 0 radical (unpaired) electrons. The van der Waals surface area contributed by atoms with Crippen LogP contribution < -0.4 is 0 Å². The van der Waals surface area contributed by atoms with E-state index in [1.807, 2.05) is 12.1 Å². The molecule has 0 N–H and O–H groups in total. The van der Waals surface area contributed by atoms with E-state index in [0.29, 0.717) is 6.61 Å². The third-order valence-electron chi connectivity index (χ3n) is 2.33. The first-order chi connectivity index (χ1) is 7.83. The Labute approximate surface area is 111 Å². The number of rotatable bonds is 8. The highest BCUT2D eigenvalue weighted by Gasteiger charge is 1.94. The summed E-state index contributed by atoms with van der Waals surface area (Å²) in [5.74, 6) is 0.777. The Morgan fingerprint density at radius 2 is 1.94 bits per heavy atom. The third kappa shape index (κ3) is 6.51. The first-order valence-corrected chi connectivity index (χ1v) is 7.04. The molecule has 0 aromatic heterocycles. The van der Waals surface area contributed by atoms with E-state index in [1.54, 1.807) is 0 Å². The summed E-state index contributed by atoms with van der Waals surface area (Å²) in [4.78, 5) is 0. The van der Waals surface area contributed by atoms with Gasteiger partial charge >= 0.3 is 0 Å². The second-order valence-corrected chi connectivity index (χ2v) is 5.08. The van der Waals surface area contributed by atoms with Gasteiger partial charge in [0.15, 0.2) is 0 Å². The van der Waals surface area contributed by atoms with E-state index in [9.17, 15) is 0 Å². The molecular formula is C13H18BrClO. The Bertz CT molecular complexity index is 291. The molecule has 1 aromatic carbocycles. The predicted octanol–water partition coefficient (Wildman–Crippen LogP) is 4.76. The quantitative estimate of drug-likeness (QED) is 0.497. The van der Waals surface area contributed by atoms with Gasteiger partial charge in [-0.25, -0.2) is 0 Å². The molecule has 0 heterocycles. The summed E-state index contributed by atoms with van der Waals surface area (Å²) in [6.45, 7) is 1.55. The minimum absolute atomic E-state index is 0.703. The van der Waals surface area contributed by atoms with Gasteiger partial charge in [-0.2, -0.15) is 0 Å². The maximum atomic E-state index is 5.60. The molecule has 0 fully saturated rings. The summed E-state index contributed by atoms with van der Waals surface area (Å²) in [7, 11) is 0. The Balaban J connectivity index is 2.03. The maximum Gasteiger partial charge on any atom is 0.0717 e. The van der Waals surface area contributed by atoms with Crippen LogP contribution in [0.4, 0.5) is 0 Å². The number of unbranched alkanes of at least 4 members (excludes halogenated alkanes) is 3. The zero-order valence-electron chi connectivity index (χ0n) is 9.42. The fourth-order valence-electron chi connectivity index (χ4n) is 1.47. The standard InChI is InChI=1S/C13H18BrClO/c14-13-7-5-6-12(10-13)11-16-9-4-2-1-3-8-15/h5-7,10H,1-4,8-9,11H2. The SMILES string of the molecule is ClCCCCCCOCc1cccc(Br)c1. The van der Waals surface area contributed by atoms with E-state index in [-0.39, 0.29) is 0 Å². The van der Waals surface area contributed by atoms with Crippen LogP contribution >= 0.6 is 27.5 Å². The van der Waals surface area contributed by atoms with Crippen LogP contribution in [0.3, 0.4) is 0 Å². The van der Waals surface area contributed by atoms with E-state index in [4.69, 9.17) is 16.3 Å². The molecule has 1 rings (SSSR count). The zero-order valence-corrected chi connectivity index (χ0v) is 11.8. The lowest BCUT2D eigenvalue weighted by molar-refractivity contribution is 0.117. The lowest BCUT2D eigenvalue weighted by Gasteiger charge is -2.04. The molecular weight excluding hydrogens is 287 g/mol. The van der Waals surface area contributed by atoms with E-state index in [0.717, 1.165) is 29.8 Å². The fourth-order valence-corrected chi connectivity index (χ4v) is 2.10. The van der Waals surface area contributed by atoms with Crippen LogP contribution in [0.2, 0.25) is 0 Å². The van der Waals surface area contributed by atoms with Crippen LogP contribution in [0.25, 0.3) is 0 Å². The van der Waals surface area contributed by atoms with Crippen LogP contribution in [-0.4, -0.2) is 12.5 Å². The van der Waals surface area contributed by atoms with E-state index in [2.05, 4.69) is 28.1 Å². The number of halogens is 2. The topological polar surface area (TPSA) is 9.23 Å². The van der Waals surface area contributed by atoms with Crippen LogP contribution in [-0.2, 0) is 11.3 Å². The molecule has 0 saturated carbocycles. The molecule has 0 bridgehead atoms. The van der Waals surface area contributed by atoms with Gasteiger partial charge in [0, 0.05) is 17.0 Å². The van der Waals surface area contributed by atoms with Crippen molar-refractivity contribution >= 4 is 27.5 Å². The van der Waals surface area contributed by atoms with Crippen molar-refractivity contribution in [3.05, 3.63) is 34.3 Å². The van der Waals surface area contributed by atoms with Crippen LogP contribution in [0.1, 0.15) is 31.2 Å². The summed E-state index contributed by atoms with van der Waals surface area (Å²) in [5, 5.41) is 0. The number of benzene rings is 1. The van der Waals surface area contributed by atoms with Crippen LogP contribution in [0.5, 0.6) is 0 Å². The van der Waals surface area contributed by atoms with Gasteiger partial charge in [0.25, 0.3) is 0 Å². The molecule has 0 unspecified atom stereocenters. The highest BCUT2D eigenvalue weighted by atomic mass is 79.9. The molecule has 0 aliphatic heterocycles. The third-order valence-corrected chi connectivity index (χ3v) is 3.09. The summed E-state index contributed by atoms with van der Waals surface area (Å²) >= 11 is 9.05. The second-order valence-electron chi connectivity index (χ2n) is 3.79. The van der Waals surface area contributed by atoms with E-state index >= 15 is 0 Å². The number of alkyl halides is 1. The van der Waals surface area contributed by atoms with Gasteiger partial charge in [0.2, 0.25) is 0 Å². The van der Waals surface area contributed by atoms with Gasteiger partial charge in [0.05, 0.1) is 6.61 Å².